The van der Waals surface area contributed by atoms with E-state index in [1.165, 1.54) is 0 Å². The fraction of sp³-hybridized carbons (Fsp3) is 0.486. The molecule has 0 bridgehead atoms. The van der Waals surface area contributed by atoms with E-state index in [1.807, 2.05) is 48.4 Å². The summed E-state index contributed by atoms with van der Waals surface area (Å²) in [6.45, 7) is 5.88. The Hall–Kier alpha value is -3.04. The Morgan fingerprint density at radius 3 is 2.50 bits per heavy atom. The number of amides is 2. The second-order valence-electron chi connectivity index (χ2n) is 13.8. The summed E-state index contributed by atoms with van der Waals surface area (Å²) in [6, 6.07) is 14.0. The normalized spacial score (nSPS) is 22.4. The van der Waals surface area contributed by atoms with E-state index in [1.54, 1.807) is 0 Å². The lowest BCUT2D eigenvalue weighted by molar-refractivity contribution is -0.138. The molecule has 2 saturated heterocycles. The minimum atomic E-state index is -0.194. The smallest absolute Gasteiger partial charge is 0.228 e. The number of aryl methyl sites for hydroxylation is 1. The van der Waals surface area contributed by atoms with Gasteiger partial charge in [0, 0.05) is 55.8 Å². The van der Waals surface area contributed by atoms with E-state index in [4.69, 9.17) is 44.5 Å². The van der Waals surface area contributed by atoms with Crippen LogP contribution in [0.25, 0.3) is 0 Å². The molecular weight excluding hydrogens is 669 g/mol. The van der Waals surface area contributed by atoms with Crippen molar-refractivity contribution in [3.8, 4) is 5.75 Å². The average Bonchev–Trinajstić information content (AvgIpc) is 4.03. The van der Waals surface area contributed by atoms with Gasteiger partial charge in [-0.2, -0.15) is 0 Å². The van der Waals surface area contributed by atoms with Crippen molar-refractivity contribution in [1.29, 1.82) is 0 Å². The molecule has 2 aliphatic carbocycles. The van der Waals surface area contributed by atoms with Crippen LogP contribution in [0, 0.1) is 18.8 Å². The molecule has 8 nitrogen and oxygen atoms in total. The number of hydrogen-bond acceptors (Lipinski definition) is 6. The van der Waals surface area contributed by atoms with Crippen LogP contribution in [0.3, 0.4) is 0 Å². The van der Waals surface area contributed by atoms with E-state index in [0.29, 0.717) is 47.0 Å². The predicted octanol–water partition coefficient (Wildman–Crippen LogP) is 6.92. The van der Waals surface area contributed by atoms with Crippen LogP contribution >= 0.6 is 34.8 Å². The van der Waals surface area contributed by atoms with Crippen molar-refractivity contribution in [3.63, 3.8) is 0 Å². The summed E-state index contributed by atoms with van der Waals surface area (Å²) >= 11 is 19.5. The van der Waals surface area contributed by atoms with E-state index in [-0.39, 0.29) is 41.7 Å². The summed E-state index contributed by atoms with van der Waals surface area (Å²) in [5.74, 6) is 1.75. The van der Waals surface area contributed by atoms with Crippen molar-refractivity contribution < 1.29 is 14.3 Å². The zero-order valence-corrected chi connectivity index (χ0v) is 29.5. The molecule has 4 fully saturated rings. The number of pyridine rings is 1. The minimum Gasteiger partial charge on any atom is -0.485 e. The lowest BCUT2D eigenvalue weighted by atomic mass is 9.80. The molecule has 4 aliphatic rings. The molecule has 2 amide bonds. The highest BCUT2D eigenvalue weighted by Gasteiger charge is 2.40. The van der Waals surface area contributed by atoms with Crippen LogP contribution in [0.2, 0.25) is 15.1 Å². The molecule has 2 aromatic carbocycles. The van der Waals surface area contributed by atoms with Crippen LogP contribution in [0.4, 0.5) is 5.82 Å². The number of carbonyl (C=O) groups excluding carboxylic acids is 2. The second-order valence-corrected chi connectivity index (χ2v) is 15.0. The highest BCUT2D eigenvalue weighted by atomic mass is 35.5. The molecular formula is C37H42Cl3N5O3. The number of ether oxygens (including phenoxy) is 1. The standard InChI is InChI=1S/C37H42Cl3N5O3/c1-22-14-32(39)35(33(40)15-22)48-28-11-13-44(21-28)34-9-5-25(18-42-34)29-10-12-41-19-30(29)37(47)45(27-6-7-27)20-26-16-23(2-8-31(26)38)17-43-36(46)24-3-4-24/h2,5,8-9,14-16,18,24,27-30,41H,3-4,6-7,10-13,17,19-21H2,1H3,(H,43,46)/t28-,29?,30?/m0/s1. The van der Waals surface area contributed by atoms with Crippen molar-refractivity contribution in [2.75, 3.05) is 31.1 Å². The molecule has 11 heteroatoms. The Morgan fingerprint density at radius 2 is 1.79 bits per heavy atom. The highest BCUT2D eigenvalue weighted by Crippen LogP contribution is 2.38. The number of rotatable bonds is 11. The molecule has 7 rings (SSSR count). The molecule has 0 spiro atoms. The van der Waals surface area contributed by atoms with Crippen molar-refractivity contribution in [2.24, 2.45) is 11.8 Å². The fourth-order valence-corrected chi connectivity index (χ4v) is 7.89. The first-order chi connectivity index (χ1) is 23.2. The van der Waals surface area contributed by atoms with Gasteiger partial charge in [-0.15, -0.1) is 0 Å². The van der Waals surface area contributed by atoms with E-state index >= 15 is 0 Å². The summed E-state index contributed by atoms with van der Waals surface area (Å²) in [5, 5.41) is 8.20. The number of halogens is 3. The van der Waals surface area contributed by atoms with Gasteiger partial charge in [0.15, 0.2) is 5.75 Å². The lowest BCUT2D eigenvalue weighted by Gasteiger charge is -2.36. The van der Waals surface area contributed by atoms with Crippen LogP contribution < -0.4 is 20.3 Å². The number of anilines is 1. The van der Waals surface area contributed by atoms with Gasteiger partial charge in [-0.25, -0.2) is 4.98 Å². The lowest BCUT2D eigenvalue weighted by Crippen LogP contribution is -2.47. The van der Waals surface area contributed by atoms with E-state index < -0.39 is 0 Å². The number of hydrogen-bond donors (Lipinski definition) is 2. The maximum Gasteiger partial charge on any atom is 0.228 e. The summed E-state index contributed by atoms with van der Waals surface area (Å²) in [5.41, 5.74) is 4.00. The number of piperidine rings is 1. The van der Waals surface area contributed by atoms with Crippen molar-refractivity contribution >= 4 is 52.4 Å². The number of nitrogens with one attached hydrogen (secondary N) is 2. The van der Waals surface area contributed by atoms with Gasteiger partial charge in [-0.3, -0.25) is 9.59 Å². The van der Waals surface area contributed by atoms with Crippen LogP contribution in [-0.2, 0) is 22.7 Å². The molecule has 2 saturated carbocycles. The topological polar surface area (TPSA) is 86.8 Å². The van der Waals surface area contributed by atoms with Gasteiger partial charge in [-0.05, 0) is 98.0 Å². The van der Waals surface area contributed by atoms with Gasteiger partial charge < -0.3 is 25.2 Å². The fourth-order valence-electron chi connectivity index (χ4n) is 7.03. The summed E-state index contributed by atoms with van der Waals surface area (Å²) in [7, 11) is 0. The number of benzene rings is 2. The molecule has 48 heavy (non-hydrogen) atoms. The monoisotopic (exact) mass is 709 g/mol. The third-order valence-electron chi connectivity index (χ3n) is 10.0. The molecule has 1 aromatic heterocycles. The number of aromatic nitrogens is 1. The maximum absolute atomic E-state index is 14.3. The zero-order chi connectivity index (χ0) is 33.4. The Balaban J connectivity index is 1.01. The third-order valence-corrected chi connectivity index (χ3v) is 11.0. The van der Waals surface area contributed by atoms with Crippen LogP contribution in [0.1, 0.15) is 66.7 Å². The molecule has 3 atom stereocenters. The van der Waals surface area contributed by atoms with Gasteiger partial charge in [0.1, 0.15) is 11.9 Å². The first-order valence-corrected chi connectivity index (χ1v) is 18.3. The van der Waals surface area contributed by atoms with Crippen molar-refractivity contribution in [1.82, 2.24) is 20.5 Å². The van der Waals surface area contributed by atoms with Gasteiger partial charge >= 0.3 is 0 Å². The first-order valence-electron chi connectivity index (χ1n) is 17.1. The van der Waals surface area contributed by atoms with Gasteiger partial charge in [0.25, 0.3) is 0 Å². The Labute approximate surface area is 297 Å². The van der Waals surface area contributed by atoms with Gasteiger partial charge in [0.05, 0.1) is 22.5 Å². The third kappa shape index (κ3) is 7.72. The van der Waals surface area contributed by atoms with Crippen molar-refractivity contribution in [3.05, 3.63) is 86.0 Å². The van der Waals surface area contributed by atoms with Gasteiger partial charge in [0.2, 0.25) is 11.8 Å². The zero-order valence-electron chi connectivity index (χ0n) is 27.2. The molecule has 3 heterocycles. The van der Waals surface area contributed by atoms with Crippen LogP contribution in [0.15, 0.2) is 48.7 Å². The van der Waals surface area contributed by atoms with E-state index in [2.05, 4.69) is 27.7 Å². The molecule has 0 radical (unpaired) electrons. The first kappa shape index (κ1) is 33.5. The van der Waals surface area contributed by atoms with Gasteiger partial charge in [-0.1, -0.05) is 53.0 Å². The molecule has 2 unspecified atom stereocenters. The quantitative estimate of drug-likeness (QED) is 0.225. The number of nitrogens with zero attached hydrogens (tertiary/aromatic N) is 3. The predicted molar refractivity (Wildman–Crippen MR) is 190 cm³/mol. The minimum absolute atomic E-state index is 0.0419. The van der Waals surface area contributed by atoms with Crippen LogP contribution in [-0.4, -0.2) is 60.0 Å². The Bertz CT molecular complexity index is 1640. The van der Waals surface area contributed by atoms with Crippen LogP contribution in [0.5, 0.6) is 5.75 Å². The molecule has 2 aliphatic heterocycles. The Morgan fingerprint density at radius 1 is 1.00 bits per heavy atom. The molecule has 254 valence electrons. The molecule has 3 aromatic rings. The average molecular weight is 711 g/mol. The maximum atomic E-state index is 14.3. The van der Waals surface area contributed by atoms with Crippen molar-refractivity contribution in [2.45, 2.75) is 76.6 Å². The largest absolute Gasteiger partial charge is 0.485 e. The summed E-state index contributed by atoms with van der Waals surface area (Å²) < 4.78 is 6.23. The highest BCUT2D eigenvalue weighted by molar-refractivity contribution is 6.37. The summed E-state index contributed by atoms with van der Waals surface area (Å²) in [6.07, 6.45) is 7.57. The van der Waals surface area contributed by atoms with E-state index in [0.717, 1.165) is 79.7 Å². The van der Waals surface area contributed by atoms with E-state index in [9.17, 15) is 9.59 Å². The Kier molecular flexibility index (Phi) is 10.1. The summed E-state index contributed by atoms with van der Waals surface area (Å²) in [4.78, 5) is 35.6. The SMILES string of the molecule is Cc1cc(Cl)c(O[C@H]2CCN(c3ccc(C4CCNCC4C(=O)N(Cc4cc(CNC(=O)C5CC5)ccc4Cl)C4CC4)cn3)C2)c(Cl)c1. The second kappa shape index (κ2) is 14.4. The number of carbonyl (C=O) groups is 2. The molecule has 2 N–H and O–H groups in total.